The third-order valence-electron chi connectivity index (χ3n) is 3.71. The topological polar surface area (TPSA) is 105 Å². The minimum Gasteiger partial charge on any atom is -0.491 e. The molecule has 0 bridgehead atoms. The highest BCUT2D eigenvalue weighted by atomic mass is 16.6. The van der Waals surface area contributed by atoms with Gasteiger partial charge >= 0.3 is 5.97 Å². The van der Waals surface area contributed by atoms with E-state index in [0.717, 1.165) is 5.56 Å². The minimum absolute atomic E-state index is 0.0544. The number of esters is 1. The van der Waals surface area contributed by atoms with E-state index in [0.29, 0.717) is 19.0 Å². The van der Waals surface area contributed by atoms with E-state index in [1.54, 1.807) is 6.92 Å². The van der Waals surface area contributed by atoms with Gasteiger partial charge in [-0.1, -0.05) is 30.3 Å². The van der Waals surface area contributed by atoms with Gasteiger partial charge in [-0.3, -0.25) is 14.9 Å². The average molecular weight is 387 g/mol. The molecule has 0 aromatic heterocycles. The molecule has 0 saturated heterocycles. The zero-order valence-corrected chi connectivity index (χ0v) is 15.5. The molecule has 8 nitrogen and oxygen atoms in total. The fourth-order valence-electron chi connectivity index (χ4n) is 2.41. The van der Waals surface area contributed by atoms with Gasteiger partial charge in [0.2, 0.25) is 5.78 Å². The van der Waals surface area contributed by atoms with Gasteiger partial charge in [-0.05, 0) is 24.6 Å². The fourth-order valence-corrected chi connectivity index (χ4v) is 2.41. The number of carbonyl (C=O) groups is 2. The zero-order chi connectivity index (χ0) is 20.4. The first-order valence-electron chi connectivity index (χ1n) is 8.73. The molecular weight excluding hydrogens is 366 g/mol. The molecule has 0 aliphatic carbocycles. The Hall–Kier alpha value is -3.26. The fraction of sp³-hybridized carbons (Fsp3) is 0.300. The highest BCUT2D eigenvalue weighted by molar-refractivity contribution is 6.34. The molecule has 2 rings (SSSR count). The lowest BCUT2D eigenvalue weighted by atomic mass is 10.1. The van der Waals surface area contributed by atoms with Crippen LogP contribution in [-0.2, 0) is 32.1 Å². The van der Waals surface area contributed by atoms with E-state index in [9.17, 15) is 19.7 Å². The summed E-state index contributed by atoms with van der Waals surface area (Å²) in [5, 5.41) is 11.2. The van der Waals surface area contributed by atoms with E-state index in [2.05, 4.69) is 4.74 Å². The van der Waals surface area contributed by atoms with Gasteiger partial charge in [-0.15, -0.1) is 0 Å². The van der Waals surface area contributed by atoms with Crippen molar-refractivity contribution < 1.29 is 28.7 Å². The monoisotopic (exact) mass is 387 g/mol. The summed E-state index contributed by atoms with van der Waals surface area (Å²) >= 11 is 0. The molecule has 0 spiro atoms. The molecule has 0 radical (unpaired) electrons. The van der Waals surface area contributed by atoms with Crippen molar-refractivity contribution in [2.75, 3.05) is 19.8 Å². The Kier molecular flexibility index (Phi) is 8.11. The number of nitro benzene ring substituents is 1. The summed E-state index contributed by atoms with van der Waals surface area (Å²) in [6.45, 7) is 2.63. The van der Waals surface area contributed by atoms with Gasteiger partial charge in [0.05, 0.1) is 24.7 Å². The van der Waals surface area contributed by atoms with Crippen LogP contribution in [0.2, 0.25) is 0 Å². The van der Waals surface area contributed by atoms with Crippen molar-refractivity contribution in [3.05, 3.63) is 69.8 Å². The number of nitro groups is 1. The van der Waals surface area contributed by atoms with E-state index in [1.165, 1.54) is 18.2 Å². The Morgan fingerprint density at radius 3 is 2.50 bits per heavy atom. The van der Waals surface area contributed by atoms with Crippen LogP contribution in [0.15, 0.2) is 48.5 Å². The summed E-state index contributed by atoms with van der Waals surface area (Å²) in [6.07, 6.45) is -0.434. The van der Waals surface area contributed by atoms with Gasteiger partial charge in [0, 0.05) is 18.1 Å². The highest BCUT2D eigenvalue weighted by Gasteiger charge is 2.22. The summed E-state index contributed by atoms with van der Waals surface area (Å²) in [5.41, 5.74) is 0.869. The number of hydrogen-bond acceptors (Lipinski definition) is 7. The number of ketones is 1. The van der Waals surface area contributed by atoms with Gasteiger partial charge in [-0.2, -0.15) is 0 Å². The van der Waals surface area contributed by atoms with Crippen molar-refractivity contribution in [2.45, 2.75) is 20.0 Å². The van der Waals surface area contributed by atoms with Crippen LogP contribution in [0.25, 0.3) is 0 Å². The summed E-state index contributed by atoms with van der Waals surface area (Å²) in [5.74, 6) is -1.52. The van der Waals surface area contributed by atoms with E-state index in [4.69, 9.17) is 9.47 Å². The minimum atomic E-state index is -1.02. The maximum Gasteiger partial charge on any atom is 0.374 e. The van der Waals surface area contributed by atoms with Crippen LogP contribution in [0.4, 0.5) is 5.69 Å². The van der Waals surface area contributed by atoms with Crippen molar-refractivity contribution in [3.8, 4) is 5.75 Å². The SMILES string of the molecule is CCOC(=O)C(=O)Cc1cc(OCCOCc2ccccc2)ccc1[N+](=O)[O-]. The predicted molar refractivity (Wildman–Crippen MR) is 100 cm³/mol. The second kappa shape index (κ2) is 10.8. The standard InChI is InChI=1S/C20H21NO7/c1-2-27-20(23)19(22)13-16-12-17(8-9-18(16)21(24)25)28-11-10-26-14-15-6-4-3-5-7-15/h3-9,12H,2,10-11,13-14H2,1H3. The van der Waals surface area contributed by atoms with Crippen LogP contribution in [0.5, 0.6) is 5.75 Å². The molecule has 0 unspecified atom stereocenters. The van der Waals surface area contributed by atoms with Gasteiger partial charge in [-0.25, -0.2) is 4.79 Å². The lowest BCUT2D eigenvalue weighted by molar-refractivity contribution is -0.385. The van der Waals surface area contributed by atoms with E-state index >= 15 is 0 Å². The molecule has 148 valence electrons. The van der Waals surface area contributed by atoms with Crippen molar-refractivity contribution >= 4 is 17.4 Å². The molecule has 0 aliphatic rings. The Balaban J connectivity index is 1.92. The Labute approximate surface area is 162 Å². The highest BCUT2D eigenvalue weighted by Crippen LogP contribution is 2.25. The number of nitrogens with zero attached hydrogens (tertiary/aromatic N) is 1. The number of benzene rings is 2. The molecule has 0 atom stereocenters. The largest absolute Gasteiger partial charge is 0.491 e. The first-order chi connectivity index (χ1) is 13.5. The van der Waals surface area contributed by atoms with Crippen LogP contribution in [0.3, 0.4) is 0 Å². The van der Waals surface area contributed by atoms with Crippen molar-refractivity contribution in [1.29, 1.82) is 0 Å². The predicted octanol–water partition coefficient (Wildman–Crippen LogP) is 2.87. The van der Waals surface area contributed by atoms with Crippen LogP contribution in [0.1, 0.15) is 18.1 Å². The summed E-state index contributed by atoms with van der Waals surface area (Å²) < 4.78 is 15.7. The molecule has 28 heavy (non-hydrogen) atoms. The van der Waals surface area contributed by atoms with Crippen molar-refractivity contribution in [1.82, 2.24) is 0 Å². The van der Waals surface area contributed by atoms with E-state index in [-0.39, 0.29) is 24.5 Å². The molecule has 0 amide bonds. The average Bonchev–Trinajstić information content (AvgIpc) is 2.68. The quantitative estimate of drug-likeness (QED) is 0.192. The van der Waals surface area contributed by atoms with Crippen LogP contribution < -0.4 is 4.74 Å². The van der Waals surface area contributed by atoms with Crippen molar-refractivity contribution in [2.24, 2.45) is 0 Å². The Morgan fingerprint density at radius 2 is 1.82 bits per heavy atom. The lowest BCUT2D eigenvalue weighted by Gasteiger charge is -2.09. The second-order valence-corrected chi connectivity index (χ2v) is 5.75. The third-order valence-corrected chi connectivity index (χ3v) is 3.71. The van der Waals surface area contributed by atoms with Gasteiger partial charge in [0.1, 0.15) is 12.4 Å². The van der Waals surface area contributed by atoms with E-state index in [1.807, 2.05) is 30.3 Å². The third kappa shape index (κ3) is 6.48. The first-order valence-corrected chi connectivity index (χ1v) is 8.73. The van der Waals surface area contributed by atoms with Crippen LogP contribution in [0, 0.1) is 10.1 Å². The molecule has 2 aromatic carbocycles. The normalized spacial score (nSPS) is 10.3. The van der Waals surface area contributed by atoms with Gasteiger partial charge < -0.3 is 14.2 Å². The maximum atomic E-state index is 11.9. The summed E-state index contributed by atoms with van der Waals surface area (Å²) in [6, 6.07) is 13.7. The summed E-state index contributed by atoms with van der Waals surface area (Å²) in [4.78, 5) is 33.9. The van der Waals surface area contributed by atoms with Gasteiger partial charge in [0.15, 0.2) is 0 Å². The smallest absolute Gasteiger partial charge is 0.374 e. The maximum absolute atomic E-state index is 11.9. The first kappa shape index (κ1) is 21.0. The number of ether oxygens (including phenoxy) is 3. The van der Waals surface area contributed by atoms with Crippen LogP contribution >= 0.6 is 0 Å². The molecule has 0 fully saturated rings. The second-order valence-electron chi connectivity index (χ2n) is 5.75. The van der Waals surface area contributed by atoms with Crippen LogP contribution in [-0.4, -0.2) is 36.5 Å². The van der Waals surface area contributed by atoms with Crippen molar-refractivity contribution in [3.63, 3.8) is 0 Å². The summed E-state index contributed by atoms with van der Waals surface area (Å²) in [7, 11) is 0. The zero-order valence-electron chi connectivity index (χ0n) is 15.5. The number of Topliss-reactive ketones (excluding diaryl/α,β-unsaturated/α-hetero) is 1. The van der Waals surface area contributed by atoms with E-state index < -0.39 is 23.1 Å². The number of hydrogen-bond donors (Lipinski definition) is 0. The molecule has 0 heterocycles. The molecule has 0 aliphatic heterocycles. The lowest BCUT2D eigenvalue weighted by Crippen LogP contribution is -2.20. The molecule has 2 aromatic rings. The number of rotatable bonds is 11. The van der Waals surface area contributed by atoms with Gasteiger partial charge in [0.25, 0.3) is 5.69 Å². The molecular formula is C20H21NO7. The Bertz CT molecular complexity index is 821. The molecule has 8 heteroatoms. The number of carbonyl (C=O) groups excluding carboxylic acids is 2. The molecule has 0 saturated carbocycles. The molecule has 0 N–H and O–H groups in total. The Morgan fingerprint density at radius 1 is 1.07 bits per heavy atom.